The molecule has 2 aromatic heterocycles. The van der Waals surface area contributed by atoms with Crippen LogP contribution in [0.15, 0.2) is 29.4 Å². The van der Waals surface area contributed by atoms with Crippen LogP contribution < -0.4 is 10.0 Å². The molecule has 2 aromatic rings. The first-order chi connectivity index (χ1) is 10.0. The highest BCUT2D eigenvalue weighted by molar-refractivity contribution is 8.00. The quantitative estimate of drug-likeness (QED) is 0.842. The number of thioether (sulfide) groups is 1. The fourth-order valence-electron chi connectivity index (χ4n) is 2.28. The fraction of sp³-hybridized carbons (Fsp3) is 0.462. The second kappa shape index (κ2) is 5.19. The zero-order chi connectivity index (χ0) is 15.1. The molecule has 8 heteroatoms. The minimum absolute atomic E-state index is 0.0768. The molecule has 1 saturated carbocycles. The Morgan fingerprint density at radius 1 is 1.43 bits per heavy atom. The second-order valence-corrected chi connectivity index (χ2v) is 8.11. The number of hydrogen-bond acceptors (Lipinski definition) is 5. The molecule has 0 spiro atoms. The van der Waals surface area contributed by atoms with Crippen LogP contribution in [0.3, 0.4) is 0 Å². The third-order valence-corrected chi connectivity index (χ3v) is 6.64. The SMILES string of the molecule is CNc1nc2ccccn2c1S(=O)(=O)NCC1(SC)CC1. The molecule has 2 heterocycles. The summed E-state index contributed by atoms with van der Waals surface area (Å²) in [6.45, 7) is 0.458. The summed E-state index contributed by atoms with van der Waals surface area (Å²) in [6.07, 6.45) is 5.85. The lowest BCUT2D eigenvalue weighted by Crippen LogP contribution is -2.32. The minimum Gasteiger partial charge on any atom is -0.371 e. The number of anilines is 1. The van der Waals surface area contributed by atoms with Gasteiger partial charge in [-0.05, 0) is 31.2 Å². The van der Waals surface area contributed by atoms with Gasteiger partial charge in [0.15, 0.2) is 10.8 Å². The van der Waals surface area contributed by atoms with E-state index >= 15 is 0 Å². The fourth-order valence-corrected chi connectivity index (χ4v) is 4.52. The van der Waals surface area contributed by atoms with E-state index in [1.54, 1.807) is 41.5 Å². The van der Waals surface area contributed by atoms with E-state index in [1.807, 2.05) is 12.3 Å². The summed E-state index contributed by atoms with van der Waals surface area (Å²) in [4.78, 5) is 4.31. The molecule has 1 aliphatic rings. The molecular formula is C13H18N4O2S2. The lowest BCUT2D eigenvalue weighted by atomic mass is 10.4. The van der Waals surface area contributed by atoms with Gasteiger partial charge in [0.05, 0.1) is 0 Å². The van der Waals surface area contributed by atoms with Crippen molar-refractivity contribution in [2.75, 3.05) is 25.2 Å². The van der Waals surface area contributed by atoms with Gasteiger partial charge >= 0.3 is 0 Å². The zero-order valence-electron chi connectivity index (χ0n) is 12.0. The average molecular weight is 326 g/mol. The Kier molecular flexibility index (Phi) is 3.62. The third kappa shape index (κ3) is 2.63. The van der Waals surface area contributed by atoms with Crippen LogP contribution in [-0.4, -0.2) is 42.4 Å². The van der Waals surface area contributed by atoms with Gasteiger partial charge in [0.1, 0.15) is 5.65 Å². The molecule has 6 nitrogen and oxygen atoms in total. The Hall–Kier alpha value is -1.25. The predicted molar refractivity (Wildman–Crippen MR) is 85.4 cm³/mol. The summed E-state index contributed by atoms with van der Waals surface area (Å²) in [5.74, 6) is 0.364. The molecule has 0 saturated heterocycles. The molecule has 0 atom stereocenters. The average Bonchev–Trinajstić information content (AvgIpc) is 3.17. The Morgan fingerprint density at radius 2 is 2.19 bits per heavy atom. The standard InChI is InChI=1S/C13H18N4O2S2/c1-14-11-12(17-8-4-3-5-10(17)16-11)21(18,19)15-9-13(20-2)6-7-13/h3-5,8,14-15H,6-7,9H2,1-2H3. The van der Waals surface area contributed by atoms with Crippen molar-refractivity contribution >= 4 is 33.3 Å². The van der Waals surface area contributed by atoms with Crippen molar-refractivity contribution < 1.29 is 8.42 Å². The Labute approximate surface area is 128 Å². The van der Waals surface area contributed by atoms with Crippen molar-refractivity contribution in [3.63, 3.8) is 0 Å². The first kappa shape index (κ1) is 14.7. The zero-order valence-corrected chi connectivity index (χ0v) is 13.6. The van der Waals surface area contributed by atoms with Crippen LogP contribution in [0.4, 0.5) is 5.82 Å². The summed E-state index contributed by atoms with van der Waals surface area (Å²) < 4.78 is 29.7. The van der Waals surface area contributed by atoms with Gasteiger partial charge in [-0.2, -0.15) is 11.8 Å². The van der Waals surface area contributed by atoms with Crippen molar-refractivity contribution in [3.05, 3.63) is 24.4 Å². The topological polar surface area (TPSA) is 75.5 Å². The summed E-state index contributed by atoms with van der Waals surface area (Å²) >= 11 is 1.72. The van der Waals surface area contributed by atoms with E-state index in [-0.39, 0.29) is 9.77 Å². The van der Waals surface area contributed by atoms with E-state index in [4.69, 9.17) is 0 Å². The lowest BCUT2D eigenvalue weighted by molar-refractivity contribution is 0.575. The van der Waals surface area contributed by atoms with Gasteiger partial charge in [-0.15, -0.1) is 0 Å². The molecule has 0 aliphatic heterocycles. The lowest BCUT2D eigenvalue weighted by Gasteiger charge is -2.13. The smallest absolute Gasteiger partial charge is 0.260 e. The van der Waals surface area contributed by atoms with Gasteiger partial charge in [-0.3, -0.25) is 4.40 Å². The van der Waals surface area contributed by atoms with Crippen molar-refractivity contribution in [3.8, 4) is 0 Å². The van der Waals surface area contributed by atoms with Gasteiger partial charge in [0.2, 0.25) is 0 Å². The number of nitrogens with one attached hydrogen (secondary N) is 2. The maximum absolute atomic E-state index is 12.7. The van der Waals surface area contributed by atoms with Crippen LogP contribution in [-0.2, 0) is 10.0 Å². The van der Waals surface area contributed by atoms with Crippen molar-refractivity contribution in [2.45, 2.75) is 22.6 Å². The van der Waals surface area contributed by atoms with Gasteiger partial charge in [0, 0.05) is 24.5 Å². The van der Waals surface area contributed by atoms with Crippen LogP contribution >= 0.6 is 11.8 Å². The summed E-state index contributed by atoms with van der Waals surface area (Å²) in [6, 6.07) is 5.40. The van der Waals surface area contributed by atoms with Crippen LogP contribution in [0.25, 0.3) is 5.65 Å². The third-order valence-electron chi connectivity index (χ3n) is 3.80. The number of nitrogens with zero attached hydrogens (tertiary/aromatic N) is 2. The van der Waals surface area contributed by atoms with Crippen molar-refractivity contribution in [2.24, 2.45) is 0 Å². The second-order valence-electron chi connectivity index (χ2n) is 5.16. The summed E-state index contributed by atoms with van der Waals surface area (Å²) in [5, 5.41) is 3.03. The molecule has 2 N–H and O–H groups in total. The number of fused-ring (bicyclic) bond motifs is 1. The number of hydrogen-bond donors (Lipinski definition) is 2. The van der Waals surface area contributed by atoms with Gasteiger partial charge in [0.25, 0.3) is 10.0 Å². The van der Waals surface area contributed by atoms with Crippen molar-refractivity contribution in [1.29, 1.82) is 0 Å². The highest BCUT2D eigenvalue weighted by atomic mass is 32.2. The Bertz CT molecular complexity index is 766. The summed E-state index contributed by atoms with van der Waals surface area (Å²) in [7, 11) is -1.94. The molecule has 0 aromatic carbocycles. The highest BCUT2D eigenvalue weighted by Crippen LogP contribution is 2.46. The van der Waals surface area contributed by atoms with Crippen LogP contribution in [0.5, 0.6) is 0 Å². The number of rotatable bonds is 6. The van der Waals surface area contributed by atoms with E-state index < -0.39 is 10.0 Å². The molecule has 114 valence electrons. The molecule has 0 amide bonds. The van der Waals surface area contributed by atoms with E-state index in [0.717, 1.165) is 12.8 Å². The minimum atomic E-state index is -3.61. The predicted octanol–water partition coefficient (Wildman–Crippen LogP) is 1.55. The molecule has 1 fully saturated rings. The monoisotopic (exact) mass is 326 g/mol. The normalized spacial score (nSPS) is 17.0. The number of imidazole rings is 1. The summed E-state index contributed by atoms with van der Waals surface area (Å²) in [5.41, 5.74) is 0.605. The molecular weight excluding hydrogens is 308 g/mol. The maximum Gasteiger partial charge on any atom is 0.260 e. The maximum atomic E-state index is 12.7. The molecule has 1 aliphatic carbocycles. The number of sulfonamides is 1. The number of pyridine rings is 1. The van der Waals surface area contributed by atoms with Crippen LogP contribution in [0.1, 0.15) is 12.8 Å². The van der Waals surface area contributed by atoms with E-state index in [0.29, 0.717) is 18.0 Å². The van der Waals surface area contributed by atoms with E-state index in [9.17, 15) is 8.42 Å². The van der Waals surface area contributed by atoms with Crippen molar-refractivity contribution in [1.82, 2.24) is 14.1 Å². The first-order valence-corrected chi connectivity index (χ1v) is 9.42. The van der Waals surface area contributed by atoms with Gasteiger partial charge in [-0.25, -0.2) is 18.1 Å². The Balaban J connectivity index is 1.98. The molecule has 0 radical (unpaired) electrons. The first-order valence-electron chi connectivity index (χ1n) is 6.71. The molecule has 0 bridgehead atoms. The van der Waals surface area contributed by atoms with Crippen LogP contribution in [0, 0.1) is 0 Å². The highest BCUT2D eigenvalue weighted by Gasteiger charge is 2.43. The molecule has 3 rings (SSSR count). The molecule has 0 unspecified atom stereocenters. The Morgan fingerprint density at radius 3 is 2.81 bits per heavy atom. The van der Waals surface area contributed by atoms with Gasteiger partial charge in [-0.1, -0.05) is 6.07 Å². The van der Waals surface area contributed by atoms with E-state index in [1.165, 1.54) is 0 Å². The van der Waals surface area contributed by atoms with Gasteiger partial charge < -0.3 is 5.32 Å². The molecule has 21 heavy (non-hydrogen) atoms. The van der Waals surface area contributed by atoms with Crippen LogP contribution in [0.2, 0.25) is 0 Å². The van der Waals surface area contributed by atoms with E-state index in [2.05, 4.69) is 15.0 Å². The number of aromatic nitrogens is 2. The largest absolute Gasteiger partial charge is 0.371 e.